The van der Waals surface area contributed by atoms with E-state index in [9.17, 15) is 14.7 Å². The van der Waals surface area contributed by atoms with Gasteiger partial charge >= 0.3 is 0 Å². The summed E-state index contributed by atoms with van der Waals surface area (Å²) in [6, 6.07) is 11.8. The van der Waals surface area contributed by atoms with Crippen LogP contribution in [0.15, 0.2) is 57.8 Å². The number of rotatable bonds is 3. The molecule has 2 aromatic carbocycles. The van der Waals surface area contributed by atoms with Crippen LogP contribution in [-0.2, 0) is 0 Å². The van der Waals surface area contributed by atoms with E-state index in [1.54, 1.807) is 6.08 Å². The summed E-state index contributed by atoms with van der Waals surface area (Å²) in [5.41, 5.74) is 1.33. The highest BCUT2D eigenvalue weighted by Gasteiger charge is 2.10. The average molecular weight is 345 g/mol. The van der Waals surface area contributed by atoms with E-state index in [0.717, 1.165) is 11.1 Å². The maximum atomic E-state index is 12.2. The molecule has 2 rings (SSSR count). The number of ketones is 1. The van der Waals surface area contributed by atoms with Gasteiger partial charge in [-0.05, 0) is 42.3 Å². The largest absolute Gasteiger partial charge is 0.504 e. The number of halogens is 1. The van der Waals surface area contributed by atoms with E-state index in [4.69, 9.17) is 0 Å². The Morgan fingerprint density at radius 3 is 2.62 bits per heavy atom. The Kier molecular flexibility index (Phi) is 4.70. The lowest BCUT2D eigenvalue weighted by Gasteiger charge is -1.99. The normalized spacial score (nSPS) is 10.8. The summed E-state index contributed by atoms with van der Waals surface area (Å²) in [6.45, 7) is 1.94. The second-order valence-corrected chi connectivity index (χ2v) is 5.46. The number of benzene rings is 1. The van der Waals surface area contributed by atoms with Crippen molar-refractivity contribution in [3.63, 3.8) is 0 Å². The highest BCUT2D eigenvalue weighted by Crippen LogP contribution is 2.18. The number of allylic oxidation sites excluding steroid dienone is 1. The summed E-state index contributed by atoms with van der Waals surface area (Å²) < 4.78 is 0.549. The molecule has 0 aliphatic heterocycles. The summed E-state index contributed by atoms with van der Waals surface area (Å²) >= 11 is 3.21. The predicted molar refractivity (Wildman–Crippen MR) is 86.6 cm³/mol. The van der Waals surface area contributed by atoms with Gasteiger partial charge in [0, 0.05) is 4.47 Å². The van der Waals surface area contributed by atoms with Crippen LogP contribution in [0.25, 0.3) is 6.08 Å². The van der Waals surface area contributed by atoms with Gasteiger partial charge in [0.15, 0.2) is 11.5 Å². The van der Waals surface area contributed by atoms with Gasteiger partial charge in [0.2, 0.25) is 5.43 Å². The fourth-order valence-corrected chi connectivity index (χ4v) is 2.20. The molecule has 0 aliphatic rings. The fourth-order valence-electron chi connectivity index (χ4n) is 1.84. The van der Waals surface area contributed by atoms with Crippen molar-refractivity contribution in [1.82, 2.24) is 0 Å². The Morgan fingerprint density at radius 1 is 1.19 bits per heavy atom. The number of carbonyl (C=O) groups is 1. The molecule has 0 atom stereocenters. The highest BCUT2D eigenvalue weighted by molar-refractivity contribution is 9.10. The van der Waals surface area contributed by atoms with Gasteiger partial charge < -0.3 is 5.11 Å². The zero-order valence-electron chi connectivity index (χ0n) is 11.3. The molecule has 0 saturated heterocycles. The standard InChI is InChI=1S/C17H13BrO3/c1-11-4-2-3-5-12(11)6-8-15(19)14-10-13(18)7-9-16(20)17(14)21/h2-10H,1H3,(H,20,21)/b8-6+. The van der Waals surface area contributed by atoms with Crippen LogP contribution in [0.4, 0.5) is 0 Å². The number of aryl methyl sites for hydroxylation is 1. The van der Waals surface area contributed by atoms with Gasteiger partial charge in [0.05, 0.1) is 5.56 Å². The summed E-state index contributed by atoms with van der Waals surface area (Å²) in [6.07, 6.45) is 3.02. The van der Waals surface area contributed by atoms with Gasteiger partial charge in [-0.15, -0.1) is 0 Å². The molecular weight excluding hydrogens is 332 g/mol. The molecule has 21 heavy (non-hydrogen) atoms. The fraction of sp³-hybridized carbons (Fsp3) is 0.0588. The smallest absolute Gasteiger partial charge is 0.220 e. The Morgan fingerprint density at radius 2 is 1.90 bits per heavy atom. The number of hydrogen-bond acceptors (Lipinski definition) is 3. The first-order chi connectivity index (χ1) is 9.99. The third-order valence-corrected chi connectivity index (χ3v) is 3.53. The monoisotopic (exact) mass is 344 g/mol. The minimum absolute atomic E-state index is 0.0262. The van der Waals surface area contributed by atoms with E-state index in [2.05, 4.69) is 15.9 Å². The minimum atomic E-state index is -0.589. The van der Waals surface area contributed by atoms with Crippen molar-refractivity contribution in [2.24, 2.45) is 0 Å². The maximum Gasteiger partial charge on any atom is 0.220 e. The molecule has 0 heterocycles. The first-order valence-corrected chi connectivity index (χ1v) is 7.09. The molecule has 4 heteroatoms. The summed E-state index contributed by atoms with van der Waals surface area (Å²) in [5.74, 6) is -0.968. The number of carbonyl (C=O) groups excluding carboxylic acids is 1. The van der Waals surface area contributed by atoms with Crippen molar-refractivity contribution in [1.29, 1.82) is 0 Å². The van der Waals surface area contributed by atoms with E-state index in [-0.39, 0.29) is 5.56 Å². The van der Waals surface area contributed by atoms with Crippen LogP contribution in [0.5, 0.6) is 5.75 Å². The molecular formula is C17H13BrO3. The molecule has 3 nitrogen and oxygen atoms in total. The van der Waals surface area contributed by atoms with E-state index >= 15 is 0 Å². The first kappa shape index (κ1) is 15.2. The minimum Gasteiger partial charge on any atom is -0.504 e. The van der Waals surface area contributed by atoms with E-state index in [1.165, 1.54) is 24.3 Å². The molecule has 106 valence electrons. The Bertz CT molecular complexity index is 779. The van der Waals surface area contributed by atoms with E-state index in [0.29, 0.717) is 4.47 Å². The summed E-state index contributed by atoms with van der Waals surface area (Å²) in [4.78, 5) is 23.8. The third kappa shape index (κ3) is 3.67. The quantitative estimate of drug-likeness (QED) is 0.681. The van der Waals surface area contributed by atoms with Crippen LogP contribution in [0, 0.1) is 6.92 Å². The van der Waals surface area contributed by atoms with Crippen LogP contribution >= 0.6 is 15.9 Å². The van der Waals surface area contributed by atoms with Crippen molar-refractivity contribution < 1.29 is 9.90 Å². The molecule has 0 spiro atoms. The Balaban J connectivity index is 2.41. The van der Waals surface area contributed by atoms with Gasteiger partial charge in [0.1, 0.15) is 0 Å². The second kappa shape index (κ2) is 6.50. The van der Waals surface area contributed by atoms with Gasteiger partial charge in [-0.3, -0.25) is 9.59 Å². The van der Waals surface area contributed by atoms with Gasteiger partial charge in [-0.2, -0.15) is 0 Å². The van der Waals surface area contributed by atoms with Crippen molar-refractivity contribution in [3.05, 3.63) is 79.9 Å². The topological polar surface area (TPSA) is 54.4 Å². The van der Waals surface area contributed by atoms with Crippen molar-refractivity contribution in [2.75, 3.05) is 0 Å². The Hall–Kier alpha value is -2.20. The van der Waals surface area contributed by atoms with Crippen LogP contribution in [-0.4, -0.2) is 10.9 Å². The van der Waals surface area contributed by atoms with Crippen LogP contribution in [0.1, 0.15) is 21.5 Å². The second-order valence-electron chi connectivity index (χ2n) is 4.54. The van der Waals surface area contributed by atoms with Crippen LogP contribution < -0.4 is 5.43 Å². The lowest BCUT2D eigenvalue weighted by molar-refractivity contribution is 0.104. The molecule has 0 aromatic heterocycles. The molecule has 0 fully saturated rings. The van der Waals surface area contributed by atoms with Crippen molar-refractivity contribution in [3.8, 4) is 5.75 Å². The summed E-state index contributed by atoms with van der Waals surface area (Å²) in [7, 11) is 0. The van der Waals surface area contributed by atoms with Crippen LogP contribution in [0.3, 0.4) is 0 Å². The molecule has 0 bridgehead atoms. The number of hydrogen-bond donors (Lipinski definition) is 1. The molecule has 2 aromatic rings. The van der Waals surface area contributed by atoms with E-state index in [1.807, 2.05) is 31.2 Å². The van der Waals surface area contributed by atoms with Gasteiger partial charge in [-0.1, -0.05) is 46.3 Å². The lowest BCUT2D eigenvalue weighted by atomic mass is 10.1. The molecule has 0 unspecified atom stereocenters. The molecule has 0 aliphatic carbocycles. The van der Waals surface area contributed by atoms with E-state index < -0.39 is 17.0 Å². The molecule has 0 radical (unpaired) electrons. The van der Waals surface area contributed by atoms with Gasteiger partial charge in [0.25, 0.3) is 0 Å². The lowest BCUT2D eigenvalue weighted by Crippen LogP contribution is -2.01. The molecule has 0 saturated carbocycles. The zero-order chi connectivity index (χ0) is 15.4. The van der Waals surface area contributed by atoms with Crippen LogP contribution in [0.2, 0.25) is 0 Å². The maximum absolute atomic E-state index is 12.2. The van der Waals surface area contributed by atoms with Crippen molar-refractivity contribution in [2.45, 2.75) is 6.92 Å². The first-order valence-electron chi connectivity index (χ1n) is 6.30. The summed E-state index contributed by atoms with van der Waals surface area (Å²) in [5, 5.41) is 9.82. The zero-order valence-corrected chi connectivity index (χ0v) is 12.9. The number of aromatic hydroxyl groups is 1. The third-order valence-electron chi connectivity index (χ3n) is 3.03. The molecule has 0 amide bonds. The molecule has 1 N–H and O–H groups in total. The van der Waals surface area contributed by atoms with Crippen molar-refractivity contribution >= 4 is 27.8 Å². The average Bonchev–Trinajstić information content (AvgIpc) is 2.60. The predicted octanol–water partition coefficient (Wildman–Crippen LogP) is 3.72. The van der Waals surface area contributed by atoms with Gasteiger partial charge in [-0.25, -0.2) is 0 Å². The Labute approximate surface area is 130 Å². The SMILES string of the molecule is Cc1ccccc1/C=C/C(=O)c1cc(Br)ccc(=O)c1O. The highest BCUT2D eigenvalue weighted by atomic mass is 79.9.